The fourth-order valence-corrected chi connectivity index (χ4v) is 9.84. The molecule has 0 radical (unpaired) electrons. The van der Waals surface area contributed by atoms with Crippen LogP contribution in [0.4, 0.5) is 0 Å². The third-order valence-electron chi connectivity index (χ3n) is 4.28. The molecule has 4 aliphatic rings. The molecule has 0 spiro atoms. The number of rotatable bonds is 1. The smallest absolute Gasteiger partial charge is 0.345 e. The molecule has 2 aliphatic carbocycles. The minimum Gasteiger partial charge on any atom is -0.465 e. The van der Waals surface area contributed by atoms with Gasteiger partial charge in [0.05, 0.1) is 15.6 Å². The summed E-state index contributed by atoms with van der Waals surface area (Å²) in [7, 11) is 1.45. The average Bonchev–Trinajstić information content (AvgIpc) is 3.14. The van der Waals surface area contributed by atoms with Crippen LogP contribution in [0.15, 0.2) is 18.8 Å². The van der Waals surface area contributed by atoms with Crippen LogP contribution in [-0.2, 0) is 9.53 Å². The highest BCUT2D eigenvalue weighted by Gasteiger charge is 2.52. The molecule has 2 bridgehead atoms. The molecular formula is C13H14O2S4. The van der Waals surface area contributed by atoms with Crippen molar-refractivity contribution >= 4 is 53.0 Å². The van der Waals surface area contributed by atoms with Crippen LogP contribution in [0.3, 0.4) is 0 Å². The van der Waals surface area contributed by atoms with Gasteiger partial charge < -0.3 is 4.74 Å². The summed E-state index contributed by atoms with van der Waals surface area (Å²) in [6, 6.07) is 0. The summed E-state index contributed by atoms with van der Waals surface area (Å²) in [4.78, 5) is 12.3. The lowest BCUT2D eigenvalue weighted by Crippen LogP contribution is -2.22. The van der Waals surface area contributed by atoms with Crippen LogP contribution in [0, 0.1) is 11.8 Å². The molecule has 2 heterocycles. The highest BCUT2D eigenvalue weighted by atomic mass is 32.2. The molecule has 0 amide bonds. The van der Waals surface area contributed by atoms with Gasteiger partial charge in [0.25, 0.3) is 0 Å². The Hall–Kier alpha value is 0.350. The maximum Gasteiger partial charge on any atom is 0.345 e. The van der Waals surface area contributed by atoms with Crippen molar-refractivity contribution in [3.05, 3.63) is 18.8 Å². The lowest BCUT2D eigenvalue weighted by atomic mass is 10.00. The third-order valence-corrected chi connectivity index (χ3v) is 10.6. The number of esters is 1. The van der Waals surface area contributed by atoms with Gasteiger partial charge in [-0.2, -0.15) is 0 Å². The van der Waals surface area contributed by atoms with Gasteiger partial charge in [-0.25, -0.2) is 4.79 Å². The summed E-state index contributed by atoms with van der Waals surface area (Å²) in [5, 5.41) is 3.62. The van der Waals surface area contributed by atoms with Gasteiger partial charge in [0.15, 0.2) is 0 Å². The van der Waals surface area contributed by atoms with Gasteiger partial charge >= 0.3 is 5.97 Å². The monoisotopic (exact) mass is 330 g/mol. The van der Waals surface area contributed by atoms with Crippen molar-refractivity contribution in [2.45, 2.75) is 29.8 Å². The first-order valence-electron chi connectivity index (χ1n) is 6.47. The van der Waals surface area contributed by atoms with E-state index in [0.717, 1.165) is 27.2 Å². The molecular weight excluding hydrogens is 316 g/mol. The molecule has 0 aromatic heterocycles. The summed E-state index contributed by atoms with van der Waals surface area (Å²) in [5.74, 6) is 1.70. The Morgan fingerprint density at radius 2 is 1.89 bits per heavy atom. The van der Waals surface area contributed by atoms with Crippen LogP contribution in [0.1, 0.15) is 19.3 Å². The molecule has 4 atom stereocenters. The first-order chi connectivity index (χ1) is 9.26. The van der Waals surface area contributed by atoms with Crippen LogP contribution >= 0.6 is 47.0 Å². The molecule has 102 valence electrons. The first-order valence-corrected chi connectivity index (χ1v) is 9.92. The second-order valence-corrected chi connectivity index (χ2v) is 10.1. The Morgan fingerprint density at radius 1 is 1.21 bits per heavy atom. The molecule has 0 unspecified atom stereocenters. The number of carbonyl (C=O) groups is 1. The predicted octanol–water partition coefficient (Wildman–Crippen LogP) is 4.25. The van der Waals surface area contributed by atoms with E-state index in [9.17, 15) is 4.79 Å². The minimum absolute atomic E-state index is 0.207. The molecule has 4 rings (SSSR count). The predicted molar refractivity (Wildman–Crippen MR) is 85.9 cm³/mol. The van der Waals surface area contributed by atoms with Gasteiger partial charge in [-0.3, -0.25) is 0 Å². The molecule has 0 N–H and O–H groups in total. The maximum absolute atomic E-state index is 11.5. The van der Waals surface area contributed by atoms with E-state index >= 15 is 0 Å². The molecule has 6 heteroatoms. The van der Waals surface area contributed by atoms with Crippen molar-refractivity contribution in [3.63, 3.8) is 0 Å². The summed E-state index contributed by atoms with van der Waals surface area (Å²) in [6.07, 6.45) is 4.34. The Balaban J connectivity index is 1.50. The zero-order valence-electron chi connectivity index (χ0n) is 10.5. The average molecular weight is 331 g/mol. The van der Waals surface area contributed by atoms with Gasteiger partial charge in [0.1, 0.15) is 4.91 Å². The first kappa shape index (κ1) is 13.0. The van der Waals surface area contributed by atoms with Gasteiger partial charge in [0, 0.05) is 10.5 Å². The van der Waals surface area contributed by atoms with Gasteiger partial charge in [-0.15, -0.1) is 23.5 Å². The normalized spacial score (nSPS) is 43.5. The molecule has 19 heavy (non-hydrogen) atoms. The number of carbonyl (C=O) groups excluding carboxylic acids is 1. The number of ether oxygens (including phenoxy) is 1. The van der Waals surface area contributed by atoms with Crippen molar-refractivity contribution in [1.82, 2.24) is 0 Å². The van der Waals surface area contributed by atoms with Crippen LogP contribution < -0.4 is 0 Å². The van der Waals surface area contributed by atoms with Crippen LogP contribution in [0.2, 0.25) is 0 Å². The number of hydrogen-bond donors (Lipinski definition) is 0. The molecule has 2 nitrogen and oxygen atoms in total. The molecule has 2 saturated carbocycles. The van der Waals surface area contributed by atoms with Gasteiger partial charge in [-0.1, -0.05) is 23.5 Å². The quantitative estimate of drug-likeness (QED) is 0.667. The summed E-state index contributed by atoms with van der Waals surface area (Å²) in [5.41, 5.74) is 0. The minimum atomic E-state index is -0.207. The highest BCUT2D eigenvalue weighted by molar-refractivity contribution is 8.33. The Labute approximate surface area is 129 Å². The lowest BCUT2D eigenvalue weighted by Gasteiger charge is -2.21. The van der Waals surface area contributed by atoms with E-state index in [2.05, 4.69) is 23.5 Å². The van der Waals surface area contributed by atoms with E-state index in [-0.39, 0.29) is 5.97 Å². The van der Waals surface area contributed by atoms with E-state index in [1.165, 1.54) is 34.8 Å². The fraction of sp³-hybridized carbons (Fsp3) is 0.615. The zero-order valence-corrected chi connectivity index (χ0v) is 13.7. The second kappa shape index (κ2) is 4.97. The molecule has 0 aromatic carbocycles. The Bertz CT molecular complexity index is 479. The van der Waals surface area contributed by atoms with Gasteiger partial charge in [-0.05, 0) is 36.5 Å². The third kappa shape index (κ3) is 2.10. The number of hydrogen-bond acceptors (Lipinski definition) is 6. The fourth-order valence-electron chi connectivity index (χ4n) is 3.42. The van der Waals surface area contributed by atoms with Crippen LogP contribution in [-0.4, -0.2) is 23.6 Å². The van der Waals surface area contributed by atoms with Crippen LogP contribution in [0.5, 0.6) is 0 Å². The Morgan fingerprint density at radius 3 is 2.53 bits per heavy atom. The summed E-state index contributed by atoms with van der Waals surface area (Å²) in [6.45, 7) is 0. The van der Waals surface area contributed by atoms with Crippen molar-refractivity contribution in [3.8, 4) is 0 Å². The van der Waals surface area contributed by atoms with E-state index < -0.39 is 0 Å². The van der Waals surface area contributed by atoms with Crippen LogP contribution in [0.25, 0.3) is 0 Å². The SMILES string of the molecule is COC(=O)C1=CSC(=C2S[C@@H]3[C@H]4CC[C@H](C4)[C@@H]3S2)S1. The number of thioether (sulfide) groups is 4. The standard InChI is InChI=1S/C13H14O2S4/c1-15-11(14)8-5-16-12(17-8)13-18-9-6-2-3-7(4-6)10(9)19-13/h5-7,9-10H,2-4H2,1H3/t6-,7+,9+,10-. The van der Waals surface area contributed by atoms with Gasteiger partial charge in [0.2, 0.25) is 0 Å². The lowest BCUT2D eigenvalue weighted by molar-refractivity contribution is -0.135. The number of fused-ring (bicyclic) bond motifs is 5. The van der Waals surface area contributed by atoms with E-state index in [1.54, 1.807) is 23.5 Å². The molecule has 2 aliphatic heterocycles. The summed E-state index contributed by atoms with van der Waals surface area (Å²) < 4.78 is 7.54. The zero-order chi connectivity index (χ0) is 13.0. The Kier molecular flexibility index (Phi) is 3.41. The topological polar surface area (TPSA) is 26.3 Å². The van der Waals surface area contributed by atoms with Crippen molar-refractivity contribution < 1.29 is 9.53 Å². The molecule has 1 saturated heterocycles. The van der Waals surface area contributed by atoms with E-state index in [0.29, 0.717) is 0 Å². The largest absolute Gasteiger partial charge is 0.465 e. The van der Waals surface area contributed by atoms with E-state index in [1.807, 2.05) is 5.41 Å². The highest BCUT2D eigenvalue weighted by Crippen LogP contribution is 2.66. The second-order valence-electron chi connectivity index (χ2n) is 5.27. The maximum atomic E-state index is 11.5. The molecule has 0 aromatic rings. The summed E-state index contributed by atoms with van der Waals surface area (Å²) >= 11 is 7.44. The van der Waals surface area contributed by atoms with E-state index in [4.69, 9.17) is 4.74 Å². The molecule has 3 fully saturated rings. The van der Waals surface area contributed by atoms with Crippen molar-refractivity contribution in [1.29, 1.82) is 0 Å². The van der Waals surface area contributed by atoms with Crippen molar-refractivity contribution in [2.75, 3.05) is 7.11 Å². The number of methoxy groups -OCH3 is 1. The van der Waals surface area contributed by atoms with Crippen molar-refractivity contribution in [2.24, 2.45) is 11.8 Å².